The van der Waals surface area contributed by atoms with Crippen molar-refractivity contribution in [2.45, 2.75) is 25.7 Å². The number of amides is 2. The lowest BCUT2D eigenvalue weighted by molar-refractivity contribution is -0.123. The summed E-state index contributed by atoms with van der Waals surface area (Å²) < 4.78 is 7.09. The summed E-state index contributed by atoms with van der Waals surface area (Å²) in [6.45, 7) is 1.62. The van der Waals surface area contributed by atoms with Gasteiger partial charge in [0.15, 0.2) is 23.1 Å². The number of rotatable bonds is 3. The van der Waals surface area contributed by atoms with Crippen LogP contribution in [0.5, 0.6) is 11.5 Å². The number of Topliss-reactive ketones (excluding diaryl/α,β-unsaturated/α-hetero) is 1. The van der Waals surface area contributed by atoms with Gasteiger partial charge in [-0.25, -0.2) is 0 Å². The fourth-order valence-electron chi connectivity index (χ4n) is 6.54. The number of aromatic hydroxyl groups is 1. The highest BCUT2D eigenvalue weighted by atomic mass is 79.9. The number of imide groups is 1. The SMILES string of the molecule is COc1cc(C2C3=CCC4C(=O)N(c5ccc(Br)cc5)C(=O)C4C3CC3=C2C(=O)C(C)=CC3=O)c(Br)c(Br)c1O. The van der Waals surface area contributed by atoms with Crippen LogP contribution >= 0.6 is 47.8 Å². The number of ketones is 2. The van der Waals surface area contributed by atoms with E-state index in [-0.39, 0.29) is 41.3 Å². The molecule has 7 nitrogen and oxygen atoms in total. The Morgan fingerprint density at radius 2 is 1.68 bits per heavy atom. The summed E-state index contributed by atoms with van der Waals surface area (Å²) in [5.41, 5.74) is 3.00. The van der Waals surface area contributed by atoms with Crippen LogP contribution in [0.15, 0.2) is 78.2 Å². The van der Waals surface area contributed by atoms with E-state index in [0.717, 1.165) is 10.0 Å². The van der Waals surface area contributed by atoms with Crippen molar-refractivity contribution in [3.05, 3.63) is 83.8 Å². The maximum atomic E-state index is 14.0. The van der Waals surface area contributed by atoms with E-state index in [2.05, 4.69) is 47.8 Å². The quantitative estimate of drug-likeness (QED) is 0.225. The number of ether oxygens (including phenoxy) is 1. The smallest absolute Gasteiger partial charge is 0.238 e. The van der Waals surface area contributed by atoms with Gasteiger partial charge in [0.25, 0.3) is 0 Å². The number of benzene rings is 2. The van der Waals surface area contributed by atoms with E-state index in [1.54, 1.807) is 37.3 Å². The molecule has 4 atom stereocenters. The molecular weight excluding hydrogens is 710 g/mol. The van der Waals surface area contributed by atoms with Gasteiger partial charge in [-0.15, -0.1) is 0 Å². The average molecular weight is 732 g/mol. The fraction of sp³-hybridized carbons (Fsp3) is 0.267. The molecule has 1 N–H and O–H groups in total. The first-order chi connectivity index (χ1) is 19.0. The van der Waals surface area contributed by atoms with Crippen LogP contribution in [0.3, 0.4) is 0 Å². The van der Waals surface area contributed by atoms with Gasteiger partial charge in [0, 0.05) is 31.6 Å². The number of halogens is 3. The Balaban J connectivity index is 1.53. The predicted octanol–water partition coefficient (Wildman–Crippen LogP) is 6.32. The lowest BCUT2D eigenvalue weighted by atomic mass is 9.59. The van der Waals surface area contributed by atoms with Gasteiger partial charge < -0.3 is 9.84 Å². The van der Waals surface area contributed by atoms with Gasteiger partial charge in [-0.05, 0) is 99.5 Å². The number of methoxy groups -OCH3 is 1. The fourth-order valence-corrected chi connectivity index (χ4v) is 7.76. The van der Waals surface area contributed by atoms with E-state index in [9.17, 15) is 24.3 Å². The number of phenols is 1. The first-order valence-corrected chi connectivity index (χ1v) is 15.0. The number of hydrogen-bond acceptors (Lipinski definition) is 6. The Labute approximate surface area is 255 Å². The Bertz CT molecular complexity index is 1640. The summed E-state index contributed by atoms with van der Waals surface area (Å²) in [6.07, 6.45) is 3.83. The number of fused-ring (bicyclic) bond motifs is 3. The molecule has 2 aromatic rings. The van der Waals surface area contributed by atoms with Gasteiger partial charge in [-0.2, -0.15) is 0 Å². The average Bonchev–Trinajstić information content (AvgIpc) is 3.20. The van der Waals surface area contributed by atoms with Crippen molar-refractivity contribution in [2.75, 3.05) is 12.0 Å². The number of phenolic OH excluding ortho intramolecular Hbond substituents is 1. The maximum Gasteiger partial charge on any atom is 0.238 e. The summed E-state index contributed by atoms with van der Waals surface area (Å²) >= 11 is 10.4. The maximum absolute atomic E-state index is 14.0. The number of anilines is 1. The first kappa shape index (κ1) is 27.4. The molecule has 0 saturated carbocycles. The number of allylic oxidation sites excluding steroid dienone is 6. The molecule has 1 heterocycles. The van der Waals surface area contributed by atoms with Gasteiger partial charge in [0.05, 0.1) is 29.1 Å². The van der Waals surface area contributed by atoms with Crippen molar-refractivity contribution in [1.29, 1.82) is 0 Å². The monoisotopic (exact) mass is 729 g/mol. The second-order valence-corrected chi connectivity index (χ2v) is 12.9. The highest BCUT2D eigenvalue weighted by Crippen LogP contribution is 2.57. The zero-order chi connectivity index (χ0) is 28.6. The molecule has 1 fully saturated rings. The summed E-state index contributed by atoms with van der Waals surface area (Å²) in [7, 11) is 1.43. The van der Waals surface area contributed by atoms with E-state index in [1.807, 2.05) is 6.08 Å². The molecule has 2 aromatic carbocycles. The van der Waals surface area contributed by atoms with Crippen LogP contribution in [0.4, 0.5) is 5.69 Å². The van der Waals surface area contributed by atoms with Crippen molar-refractivity contribution in [1.82, 2.24) is 0 Å². The number of carbonyl (C=O) groups is 4. The number of hydrogen-bond donors (Lipinski definition) is 1. The molecule has 0 radical (unpaired) electrons. The van der Waals surface area contributed by atoms with Crippen molar-refractivity contribution in [2.24, 2.45) is 17.8 Å². The molecule has 204 valence electrons. The molecule has 1 aliphatic heterocycles. The van der Waals surface area contributed by atoms with Crippen LogP contribution in [0.25, 0.3) is 0 Å². The molecule has 0 aromatic heterocycles. The van der Waals surface area contributed by atoms with E-state index >= 15 is 0 Å². The van der Waals surface area contributed by atoms with Crippen molar-refractivity contribution >= 4 is 76.9 Å². The van der Waals surface area contributed by atoms with Crippen LogP contribution in [0.2, 0.25) is 0 Å². The van der Waals surface area contributed by atoms with Crippen LogP contribution < -0.4 is 9.64 Å². The third-order valence-electron chi connectivity index (χ3n) is 8.35. The molecular formula is C30H22Br3NO6. The van der Waals surface area contributed by atoms with Crippen molar-refractivity contribution in [3.8, 4) is 11.5 Å². The van der Waals surface area contributed by atoms with Gasteiger partial charge in [-0.1, -0.05) is 27.6 Å². The zero-order valence-corrected chi connectivity index (χ0v) is 26.1. The minimum absolute atomic E-state index is 0.110. The van der Waals surface area contributed by atoms with Crippen LogP contribution in [-0.4, -0.2) is 35.6 Å². The van der Waals surface area contributed by atoms with Gasteiger partial charge in [0.1, 0.15) is 0 Å². The van der Waals surface area contributed by atoms with Crippen LogP contribution in [0, 0.1) is 17.8 Å². The van der Waals surface area contributed by atoms with Crippen molar-refractivity contribution in [3.63, 3.8) is 0 Å². The van der Waals surface area contributed by atoms with Crippen LogP contribution in [-0.2, 0) is 19.2 Å². The largest absolute Gasteiger partial charge is 0.503 e. The Morgan fingerprint density at radius 1 is 0.975 bits per heavy atom. The molecule has 6 rings (SSSR count). The molecule has 40 heavy (non-hydrogen) atoms. The highest BCUT2D eigenvalue weighted by Gasteiger charge is 2.56. The molecule has 10 heteroatoms. The molecule has 0 bridgehead atoms. The normalized spacial score (nSPS) is 25.9. The number of carbonyl (C=O) groups excluding carboxylic acids is 4. The molecule has 1 saturated heterocycles. The Hall–Kier alpha value is -2.82. The van der Waals surface area contributed by atoms with Crippen LogP contribution in [0.1, 0.15) is 31.2 Å². The topological polar surface area (TPSA) is 101 Å². The second-order valence-electron chi connectivity index (χ2n) is 10.4. The van der Waals surface area contributed by atoms with Gasteiger partial charge in [0.2, 0.25) is 11.8 Å². The molecule has 4 unspecified atom stereocenters. The minimum atomic E-state index is -0.681. The summed E-state index contributed by atoms with van der Waals surface area (Å²) in [5.74, 6) is -3.37. The van der Waals surface area contributed by atoms with Crippen molar-refractivity contribution < 1.29 is 29.0 Å². The third-order valence-corrected chi connectivity index (χ3v) is 11.0. The Kier molecular flexibility index (Phi) is 6.79. The Morgan fingerprint density at radius 3 is 2.35 bits per heavy atom. The molecule has 2 amide bonds. The lowest BCUT2D eigenvalue weighted by Gasteiger charge is -2.42. The van der Waals surface area contributed by atoms with E-state index in [1.165, 1.54) is 18.1 Å². The predicted molar refractivity (Wildman–Crippen MR) is 158 cm³/mol. The summed E-state index contributed by atoms with van der Waals surface area (Å²) in [5, 5.41) is 10.6. The summed E-state index contributed by atoms with van der Waals surface area (Å²) in [6, 6.07) is 8.66. The van der Waals surface area contributed by atoms with E-state index < -0.39 is 23.7 Å². The van der Waals surface area contributed by atoms with Gasteiger partial charge in [-0.3, -0.25) is 24.1 Å². The first-order valence-electron chi connectivity index (χ1n) is 12.6. The summed E-state index contributed by atoms with van der Waals surface area (Å²) in [4.78, 5) is 55.8. The zero-order valence-electron chi connectivity index (χ0n) is 21.3. The van der Waals surface area contributed by atoms with Gasteiger partial charge >= 0.3 is 0 Å². The lowest BCUT2D eigenvalue weighted by Crippen LogP contribution is -2.40. The van der Waals surface area contributed by atoms with E-state index in [4.69, 9.17) is 4.74 Å². The minimum Gasteiger partial charge on any atom is -0.503 e. The molecule has 4 aliphatic rings. The second kappa shape index (κ2) is 9.92. The highest BCUT2D eigenvalue weighted by molar-refractivity contribution is 9.13. The molecule has 3 aliphatic carbocycles. The third kappa shape index (κ3) is 3.94. The van der Waals surface area contributed by atoms with E-state index in [0.29, 0.717) is 43.3 Å². The number of nitrogens with zero attached hydrogens (tertiary/aromatic N) is 1. The standard InChI is InChI=1S/C30H22Br3NO6/c1-12-9-20(35)18-10-17-15(22(24(18)27(12)36)19-11-21(40-2)28(37)26(33)25(19)32)7-8-16-23(17)30(39)34(29(16)38)14-5-3-13(31)4-6-14/h3-7,9,11,16-17,22-23,37H,8,10H2,1-2H3. The molecule has 0 spiro atoms.